The number of likely N-dealkylation sites (tertiary alicyclic amines) is 1. The van der Waals surface area contributed by atoms with Crippen LogP contribution >= 0.6 is 0 Å². The Morgan fingerprint density at radius 3 is 2.35 bits per heavy atom. The van der Waals surface area contributed by atoms with E-state index in [0.717, 1.165) is 18.3 Å². The Labute approximate surface area is 141 Å². The zero-order valence-corrected chi connectivity index (χ0v) is 14.7. The molecule has 2 aliphatic rings. The molecule has 0 spiro atoms. The van der Waals surface area contributed by atoms with Crippen molar-refractivity contribution in [3.63, 3.8) is 0 Å². The lowest BCUT2D eigenvalue weighted by atomic mass is 9.94. The maximum absolute atomic E-state index is 5.29. The van der Waals surface area contributed by atoms with Gasteiger partial charge in [0.05, 0.1) is 7.11 Å². The minimum atomic E-state index is 0.786. The molecular formula is C20H32N2O. The molecule has 0 amide bonds. The third-order valence-electron chi connectivity index (χ3n) is 5.54. The Balaban J connectivity index is 1.60. The first-order chi connectivity index (χ1) is 11.3. The summed E-state index contributed by atoms with van der Waals surface area (Å²) in [5.41, 5.74) is 1.41. The summed E-state index contributed by atoms with van der Waals surface area (Å²) in [4.78, 5) is 5.39. The molecular weight excluding hydrogens is 284 g/mol. The van der Waals surface area contributed by atoms with Crippen LogP contribution in [-0.4, -0.2) is 49.1 Å². The minimum absolute atomic E-state index is 0.786. The van der Waals surface area contributed by atoms with E-state index in [4.69, 9.17) is 4.74 Å². The van der Waals surface area contributed by atoms with Crippen molar-refractivity contribution in [1.29, 1.82) is 0 Å². The smallest absolute Gasteiger partial charge is 0.118 e. The molecule has 3 heteroatoms. The monoisotopic (exact) mass is 316 g/mol. The first kappa shape index (κ1) is 16.8. The van der Waals surface area contributed by atoms with Gasteiger partial charge in [0.2, 0.25) is 0 Å². The van der Waals surface area contributed by atoms with E-state index in [0.29, 0.717) is 0 Å². The van der Waals surface area contributed by atoms with E-state index in [-0.39, 0.29) is 0 Å². The molecule has 1 heterocycles. The number of hydrogen-bond acceptors (Lipinski definition) is 3. The molecule has 2 fully saturated rings. The van der Waals surface area contributed by atoms with Crippen LogP contribution < -0.4 is 4.74 Å². The Morgan fingerprint density at radius 2 is 1.70 bits per heavy atom. The second-order valence-electron chi connectivity index (χ2n) is 7.16. The molecule has 1 aliphatic heterocycles. The first-order valence-electron chi connectivity index (χ1n) is 9.44. The molecule has 0 bridgehead atoms. The van der Waals surface area contributed by atoms with Gasteiger partial charge < -0.3 is 9.64 Å². The highest BCUT2D eigenvalue weighted by molar-refractivity contribution is 5.27. The van der Waals surface area contributed by atoms with E-state index in [1.165, 1.54) is 76.7 Å². The van der Waals surface area contributed by atoms with Gasteiger partial charge in [-0.1, -0.05) is 31.4 Å². The van der Waals surface area contributed by atoms with Crippen LogP contribution in [-0.2, 0) is 6.54 Å². The summed E-state index contributed by atoms with van der Waals surface area (Å²) in [5.74, 6) is 0.954. The summed E-state index contributed by atoms with van der Waals surface area (Å²) in [5, 5.41) is 0. The SMILES string of the molecule is COc1ccc(CN(CCN2CCCC2)C2CCCCC2)cc1. The third kappa shape index (κ3) is 4.95. The number of benzene rings is 1. The maximum atomic E-state index is 5.29. The number of nitrogens with zero attached hydrogens (tertiary/aromatic N) is 2. The summed E-state index contributed by atoms with van der Waals surface area (Å²) in [6, 6.07) is 9.42. The normalized spacial score (nSPS) is 20.3. The molecule has 23 heavy (non-hydrogen) atoms. The summed E-state index contributed by atoms with van der Waals surface area (Å²) in [6.45, 7) is 6.16. The fourth-order valence-corrected chi connectivity index (χ4v) is 4.08. The molecule has 0 unspecified atom stereocenters. The van der Waals surface area contributed by atoms with Crippen LogP contribution in [0.15, 0.2) is 24.3 Å². The summed E-state index contributed by atoms with van der Waals surface area (Å²) >= 11 is 0. The van der Waals surface area contributed by atoms with Gasteiger partial charge in [-0.05, 0) is 56.5 Å². The van der Waals surface area contributed by atoms with Crippen molar-refractivity contribution >= 4 is 0 Å². The standard InChI is InChI=1S/C20H32N2O/c1-23-20-11-9-18(10-12-20)17-22(19-7-3-2-4-8-19)16-15-21-13-5-6-14-21/h9-12,19H,2-8,13-17H2,1H3. The second kappa shape index (κ2) is 8.70. The van der Waals surface area contributed by atoms with Gasteiger partial charge in [0, 0.05) is 25.7 Å². The predicted octanol–water partition coefficient (Wildman–Crippen LogP) is 3.93. The van der Waals surface area contributed by atoms with Gasteiger partial charge in [0.25, 0.3) is 0 Å². The van der Waals surface area contributed by atoms with Crippen molar-refractivity contribution in [3.8, 4) is 5.75 Å². The van der Waals surface area contributed by atoms with Crippen molar-refractivity contribution in [2.24, 2.45) is 0 Å². The summed E-state index contributed by atoms with van der Waals surface area (Å²) in [7, 11) is 1.74. The lowest BCUT2D eigenvalue weighted by Gasteiger charge is -2.35. The fraction of sp³-hybridized carbons (Fsp3) is 0.700. The molecule has 0 radical (unpaired) electrons. The van der Waals surface area contributed by atoms with E-state index in [2.05, 4.69) is 34.1 Å². The molecule has 128 valence electrons. The second-order valence-corrected chi connectivity index (χ2v) is 7.16. The van der Waals surface area contributed by atoms with E-state index in [9.17, 15) is 0 Å². The quantitative estimate of drug-likeness (QED) is 0.758. The molecule has 1 aromatic carbocycles. The van der Waals surface area contributed by atoms with Gasteiger partial charge in [0.15, 0.2) is 0 Å². The van der Waals surface area contributed by atoms with Gasteiger partial charge in [-0.3, -0.25) is 4.90 Å². The van der Waals surface area contributed by atoms with E-state index in [1.54, 1.807) is 7.11 Å². The topological polar surface area (TPSA) is 15.7 Å². The lowest BCUT2D eigenvalue weighted by molar-refractivity contribution is 0.131. The lowest BCUT2D eigenvalue weighted by Crippen LogP contribution is -2.41. The summed E-state index contributed by atoms with van der Waals surface area (Å²) in [6.07, 6.45) is 9.80. The highest BCUT2D eigenvalue weighted by atomic mass is 16.5. The highest BCUT2D eigenvalue weighted by Crippen LogP contribution is 2.24. The Hall–Kier alpha value is -1.06. The average molecular weight is 316 g/mol. The number of methoxy groups -OCH3 is 1. The molecule has 3 rings (SSSR count). The molecule has 1 saturated heterocycles. The molecule has 1 aliphatic carbocycles. The number of rotatable bonds is 7. The van der Waals surface area contributed by atoms with Crippen molar-refractivity contribution < 1.29 is 4.74 Å². The van der Waals surface area contributed by atoms with Crippen molar-refractivity contribution in [2.45, 2.75) is 57.5 Å². The van der Waals surface area contributed by atoms with E-state index in [1.807, 2.05) is 0 Å². The van der Waals surface area contributed by atoms with Crippen LogP contribution in [0, 0.1) is 0 Å². The van der Waals surface area contributed by atoms with E-state index < -0.39 is 0 Å². The summed E-state index contributed by atoms with van der Waals surface area (Å²) < 4.78 is 5.29. The van der Waals surface area contributed by atoms with Crippen LogP contribution in [0.3, 0.4) is 0 Å². The van der Waals surface area contributed by atoms with Crippen LogP contribution in [0.1, 0.15) is 50.5 Å². The van der Waals surface area contributed by atoms with Crippen LogP contribution in [0.4, 0.5) is 0 Å². The Bertz CT molecular complexity index is 447. The minimum Gasteiger partial charge on any atom is -0.497 e. The van der Waals surface area contributed by atoms with Crippen LogP contribution in [0.2, 0.25) is 0 Å². The van der Waals surface area contributed by atoms with Crippen molar-refractivity contribution in [1.82, 2.24) is 9.80 Å². The molecule has 0 N–H and O–H groups in total. The van der Waals surface area contributed by atoms with Crippen LogP contribution in [0.5, 0.6) is 5.75 Å². The zero-order chi connectivity index (χ0) is 15.9. The Morgan fingerprint density at radius 1 is 1.00 bits per heavy atom. The fourth-order valence-electron chi connectivity index (χ4n) is 4.08. The Kier molecular flexibility index (Phi) is 6.35. The average Bonchev–Trinajstić information content (AvgIpc) is 3.13. The first-order valence-corrected chi connectivity index (χ1v) is 9.44. The van der Waals surface area contributed by atoms with Crippen molar-refractivity contribution in [2.75, 3.05) is 33.3 Å². The van der Waals surface area contributed by atoms with Crippen LogP contribution in [0.25, 0.3) is 0 Å². The zero-order valence-electron chi connectivity index (χ0n) is 14.7. The number of ether oxygens (including phenoxy) is 1. The molecule has 0 aromatic heterocycles. The molecule has 3 nitrogen and oxygen atoms in total. The van der Waals surface area contributed by atoms with Gasteiger partial charge >= 0.3 is 0 Å². The van der Waals surface area contributed by atoms with Gasteiger partial charge in [-0.25, -0.2) is 0 Å². The largest absolute Gasteiger partial charge is 0.497 e. The van der Waals surface area contributed by atoms with Gasteiger partial charge in [0.1, 0.15) is 5.75 Å². The third-order valence-corrected chi connectivity index (χ3v) is 5.54. The molecule has 0 atom stereocenters. The van der Waals surface area contributed by atoms with Gasteiger partial charge in [-0.2, -0.15) is 0 Å². The highest BCUT2D eigenvalue weighted by Gasteiger charge is 2.22. The molecule has 1 aromatic rings. The van der Waals surface area contributed by atoms with Crippen molar-refractivity contribution in [3.05, 3.63) is 29.8 Å². The molecule has 1 saturated carbocycles. The van der Waals surface area contributed by atoms with Gasteiger partial charge in [-0.15, -0.1) is 0 Å². The van der Waals surface area contributed by atoms with E-state index >= 15 is 0 Å². The predicted molar refractivity (Wildman–Crippen MR) is 96.0 cm³/mol. The maximum Gasteiger partial charge on any atom is 0.118 e. The number of hydrogen-bond donors (Lipinski definition) is 0.